The number of nitrogens with zero attached hydrogens (tertiary/aromatic N) is 1. The van der Waals surface area contributed by atoms with Crippen molar-refractivity contribution in [2.24, 2.45) is 0 Å². The summed E-state index contributed by atoms with van der Waals surface area (Å²) < 4.78 is 13.1. The highest BCUT2D eigenvalue weighted by atomic mass is 19.1. The summed E-state index contributed by atoms with van der Waals surface area (Å²) in [5, 5.41) is 6.51. The van der Waals surface area contributed by atoms with Crippen molar-refractivity contribution < 1.29 is 9.18 Å². The highest BCUT2D eigenvalue weighted by Gasteiger charge is 2.07. The molecule has 0 aliphatic carbocycles. The fourth-order valence-corrected chi connectivity index (χ4v) is 3.87. The Bertz CT molecular complexity index is 729. The van der Waals surface area contributed by atoms with E-state index in [2.05, 4.69) is 10.2 Å². The molecule has 0 amide bonds. The van der Waals surface area contributed by atoms with Crippen molar-refractivity contribution in [3.8, 4) is 0 Å². The predicted molar refractivity (Wildman–Crippen MR) is 122 cm³/mol. The number of aromatic amines is 1. The third kappa shape index (κ3) is 10.6. The van der Waals surface area contributed by atoms with Crippen molar-refractivity contribution in [3.05, 3.63) is 47.4 Å². The number of anilines is 1. The van der Waals surface area contributed by atoms with E-state index in [4.69, 9.17) is 5.73 Å². The first kappa shape index (κ1) is 24.1. The molecule has 4 nitrogen and oxygen atoms in total. The summed E-state index contributed by atoms with van der Waals surface area (Å²) in [7, 11) is 0. The fraction of sp³-hybridized carbons (Fsp3) is 0.600. The summed E-state index contributed by atoms with van der Waals surface area (Å²) in [4.78, 5) is 11.9. The van der Waals surface area contributed by atoms with Crippen molar-refractivity contribution in [2.75, 3.05) is 5.73 Å². The number of nitrogens with one attached hydrogen (secondary N) is 1. The SMILES string of the molecule is Nc1[nH]ncc1CC(=O)CCCCCCCCCCCCCCc1cccc(F)c1. The zero-order valence-electron chi connectivity index (χ0n) is 18.3. The molecule has 1 aromatic heterocycles. The van der Waals surface area contributed by atoms with Gasteiger partial charge in [0.1, 0.15) is 17.4 Å². The van der Waals surface area contributed by atoms with Crippen LogP contribution in [0.25, 0.3) is 0 Å². The Morgan fingerprint density at radius 2 is 1.50 bits per heavy atom. The summed E-state index contributed by atoms with van der Waals surface area (Å²) >= 11 is 0. The van der Waals surface area contributed by atoms with Crippen molar-refractivity contribution in [1.29, 1.82) is 0 Å². The first-order chi connectivity index (χ1) is 14.6. The van der Waals surface area contributed by atoms with Gasteiger partial charge in [0.05, 0.1) is 6.20 Å². The minimum absolute atomic E-state index is 0.128. The maximum absolute atomic E-state index is 13.1. The third-order valence-electron chi connectivity index (χ3n) is 5.70. The number of H-pyrrole nitrogens is 1. The first-order valence-corrected chi connectivity index (χ1v) is 11.7. The molecule has 0 atom stereocenters. The number of nitrogens with two attached hydrogens (primary N) is 1. The lowest BCUT2D eigenvalue weighted by molar-refractivity contribution is -0.118. The monoisotopic (exact) mass is 415 g/mol. The van der Waals surface area contributed by atoms with Crippen LogP contribution < -0.4 is 5.73 Å². The van der Waals surface area contributed by atoms with Gasteiger partial charge in [0, 0.05) is 18.4 Å². The second kappa shape index (κ2) is 14.8. The van der Waals surface area contributed by atoms with Crippen molar-refractivity contribution >= 4 is 11.6 Å². The number of Topliss-reactive ketones (excluding diaryl/α,β-unsaturated/α-hetero) is 1. The van der Waals surface area contributed by atoms with E-state index in [-0.39, 0.29) is 11.6 Å². The highest BCUT2D eigenvalue weighted by molar-refractivity contribution is 5.81. The van der Waals surface area contributed by atoms with Gasteiger partial charge < -0.3 is 5.73 Å². The Balaban J connectivity index is 1.31. The molecule has 30 heavy (non-hydrogen) atoms. The van der Waals surface area contributed by atoms with Crippen LogP contribution in [0.5, 0.6) is 0 Å². The van der Waals surface area contributed by atoms with E-state index in [1.807, 2.05) is 6.07 Å². The Morgan fingerprint density at radius 3 is 2.07 bits per heavy atom. The molecule has 0 fully saturated rings. The Hall–Kier alpha value is -2.17. The number of hydrogen-bond donors (Lipinski definition) is 2. The number of ketones is 1. The van der Waals surface area contributed by atoms with Gasteiger partial charge in [-0.3, -0.25) is 9.89 Å². The molecule has 3 N–H and O–H groups in total. The van der Waals surface area contributed by atoms with Crippen molar-refractivity contribution in [2.45, 2.75) is 96.3 Å². The zero-order valence-corrected chi connectivity index (χ0v) is 18.3. The standard InChI is InChI=1S/C25H38FN3O/c26-23-16-13-15-21(18-23)14-11-9-7-5-3-1-2-4-6-8-10-12-17-24(30)19-22-20-28-29-25(22)27/h13,15-16,18,20H,1-12,14,17,19H2,(H3,27,28,29). The summed E-state index contributed by atoms with van der Waals surface area (Å²) in [6.45, 7) is 0. The number of hydrogen-bond acceptors (Lipinski definition) is 3. The van der Waals surface area contributed by atoms with Gasteiger partial charge in [-0.2, -0.15) is 5.10 Å². The molecule has 2 rings (SSSR count). The van der Waals surface area contributed by atoms with Crippen LogP contribution in [0.15, 0.2) is 30.5 Å². The van der Waals surface area contributed by atoms with Crippen molar-refractivity contribution in [1.82, 2.24) is 10.2 Å². The van der Waals surface area contributed by atoms with Crippen LogP contribution in [0.4, 0.5) is 10.2 Å². The number of carbonyl (C=O) groups excluding carboxylic acids is 1. The van der Waals surface area contributed by atoms with Gasteiger partial charge in [-0.1, -0.05) is 76.3 Å². The fourth-order valence-electron chi connectivity index (χ4n) is 3.87. The average molecular weight is 416 g/mol. The van der Waals surface area contributed by atoms with Crippen LogP contribution in [0.3, 0.4) is 0 Å². The van der Waals surface area contributed by atoms with Gasteiger partial charge >= 0.3 is 0 Å². The number of aryl methyl sites for hydroxylation is 1. The molecular formula is C25H38FN3O. The lowest BCUT2D eigenvalue weighted by Gasteiger charge is -2.04. The quantitative estimate of drug-likeness (QED) is 0.287. The van der Waals surface area contributed by atoms with E-state index in [0.29, 0.717) is 18.7 Å². The molecular weight excluding hydrogens is 377 g/mol. The van der Waals surface area contributed by atoms with Gasteiger partial charge in [0.25, 0.3) is 0 Å². The Morgan fingerprint density at radius 1 is 0.900 bits per heavy atom. The van der Waals surface area contributed by atoms with Crippen LogP contribution in [0.2, 0.25) is 0 Å². The molecule has 166 valence electrons. The maximum Gasteiger partial charge on any atom is 0.137 e. The summed E-state index contributed by atoms with van der Waals surface area (Å²) in [6, 6.07) is 6.96. The number of aromatic nitrogens is 2. The number of carbonyl (C=O) groups is 1. The molecule has 0 spiro atoms. The molecule has 2 aromatic rings. The highest BCUT2D eigenvalue weighted by Crippen LogP contribution is 2.15. The second-order valence-corrected chi connectivity index (χ2v) is 8.40. The van der Waals surface area contributed by atoms with Crippen LogP contribution in [0, 0.1) is 5.82 Å². The molecule has 0 unspecified atom stereocenters. The molecule has 0 saturated heterocycles. The van der Waals surface area contributed by atoms with E-state index >= 15 is 0 Å². The van der Waals surface area contributed by atoms with Crippen LogP contribution in [-0.2, 0) is 17.6 Å². The Labute approximate surface area is 180 Å². The third-order valence-corrected chi connectivity index (χ3v) is 5.70. The lowest BCUT2D eigenvalue weighted by atomic mass is 10.0. The summed E-state index contributed by atoms with van der Waals surface area (Å²) in [5.41, 5.74) is 7.63. The van der Waals surface area contributed by atoms with Gasteiger partial charge in [-0.05, 0) is 37.0 Å². The summed E-state index contributed by atoms with van der Waals surface area (Å²) in [5.74, 6) is 0.628. The lowest BCUT2D eigenvalue weighted by Crippen LogP contribution is -2.03. The van der Waals surface area contributed by atoms with E-state index in [0.717, 1.165) is 36.8 Å². The molecule has 0 radical (unpaired) electrons. The number of benzene rings is 1. The zero-order chi connectivity index (χ0) is 21.4. The predicted octanol–water partition coefficient (Wildman–Crippen LogP) is 6.56. The topological polar surface area (TPSA) is 71.8 Å². The van der Waals surface area contributed by atoms with Crippen molar-refractivity contribution in [3.63, 3.8) is 0 Å². The van der Waals surface area contributed by atoms with Gasteiger partial charge in [-0.25, -0.2) is 4.39 Å². The number of unbranched alkanes of at least 4 members (excludes halogenated alkanes) is 11. The number of nitrogen functional groups attached to an aromatic ring is 1. The summed E-state index contributed by atoms with van der Waals surface area (Å²) in [6.07, 6.45) is 18.5. The minimum atomic E-state index is -0.128. The maximum atomic E-state index is 13.1. The van der Waals surface area contributed by atoms with E-state index < -0.39 is 0 Å². The Kier molecular flexibility index (Phi) is 11.9. The van der Waals surface area contributed by atoms with Crippen LogP contribution >= 0.6 is 0 Å². The van der Waals surface area contributed by atoms with Gasteiger partial charge in [0.2, 0.25) is 0 Å². The molecule has 5 heteroatoms. The van der Waals surface area contributed by atoms with Crippen LogP contribution in [-0.4, -0.2) is 16.0 Å². The largest absolute Gasteiger partial charge is 0.384 e. The van der Waals surface area contributed by atoms with Gasteiger partial charge in [-0.15, -0.1) is 0 Å². The second-order valence-electron chi connectivity index (χ2n) is 8.40. The number of rotatable bonds is 17. The average Bonchev–Trinajstić information content (AvgIpc) is 3.12. The van der Waals surface area contributed by atoms with E-state index in [1.165, 1.54) is 63.9 Å². The van der Waals surface area contributed by atoms with E-state index in [9.17, 15) is 9.18 Å². The molecule has 0 saturated carbocycles. The minimum Gasteiger partial charge on any atom is -0.384 e. The van der Waals surface area contributed by atoms with Crippen LogP contribution in [0.1, 0.15) is 94.6 Å². The molecule has 1 heterocycles. The number of halogens is 1. The van der Waals surface area contributed by atoms with Gasteiger partial charge in [0.15, 0.2) is 0 Å². The smallest absolute Gasteiger partial charge is 0.137 e. The normalized spacial score (nSPS) is 11.1. The molecule has 0 aliphatic heterocycles. The van der Waals surface area contributed by atoms with E-state index in [1.54, 1.807) is 18.3 Å². The molecule has 1 aromatic carbocycles. The first-order valence-electron chi connectivity index (χ1n) is 11.7. The molecule has 0 aliphatic rings. The molecule has 0 bridgehead atoms.